The zero-order valence-electron chi connectivity index (χ0n) is 7.34. The average Bonchev–Trinajstić information content (AvgIpc) is 2.92. The summed E-state index contributed by atoms with van der Waals surface area (Å²) < 4.78 is 4.37. The van der Waals surface area contributed by atoms with Crippen molar-refractivity contribution in [1.29, 1.82) is 0 Å². The average molecular weight is 189 g/mol. The van der Waals surface area contributed by atoms with E-state index in [0.717, 1.165) is 0 Å². The molecule has 1 fully saturated rings. The Balaban J connectivity index is 2.27. The summed E-state index contributed by atoms with van der Waals surface area (Å²) in [5, 5.41) is 9.62. The molecular formula is C7H11NO5. The van der Waals surface area contributed by atoms with Crippen LogP contribution in [0.25, 0.3) is 0 Å². The van der Waals surface area contributed by atoms with Gasteiger partial charge in [0.1, 0.15) is 0 Å². The van der Waals surface area contributed by atoms with Crippen molar-refractivity contribution in [3.05, 3.63) is 12.2 Å². The van der Waals surface area contributed by atoms with Gasteiger partial charge >= 0.3 is 5.97 Å². The molecule has 1 N–H and O–H groups in total. The normalized spacial score (nSPS) is 28.8. The predicted molar refractivity (Wildman–Crippen MR) is 41.0 cm³/mol. The van der Waals surface area contributed by atoms with Gasteiger partial charge in [0.15, 0.2) is 12.5 Å². The van der Waals surface area contributed by atoms with Crippen LogP contribution in [-0.4, -0.2) is 35.9 Å². The number of nitrogens with zero attached hydrogens (tertiary/aromatic N) is 1. The lowest BCUT2D eigenvalue weighted by atomic mass is 10.4. The van der Waals surface area contributed by atoms with Crippen LogP contribution in [0.15, 0.2) is 12.2 Å². The molecule has 0 saturated carbocycles. The van der Waals surface area contributed by atoms with Gasteiger partial charge in [0, 0.05) is 6.08 Å². The maximum Gasteiger partial charge on any atom is 0.330 e. The summed E-state index contributed by atoms with van der Waals surface area (Å²) in [7, 11) is 1.29. The Kier molecular flexibility index (Phi) is 3.38. The molecule has 0 aromatic carbocycles. The highest BCUT2D eigenvalue weighted by Gasteiger charge is 2.39. The molecule has 6 heteroatoms. The van der Waals surface area contributed by atoms with E-state index in [1.165, 1.54) is 24.3 Å². The number of hydrogen-bond donors (Lipinski definition) is 1. The lowest BCUT2D eigenvalue weighted by Crippen LogP contribution is -2.18. The minimum Gasteiger partial charge on any atom is -0.466 e. The molecule has 3 atom stereocenters. The fourth-order valence-corrected chi connectivity index (χ4v) is 0.785. The van der Waals surface area contributed by atoms with Gasteiger partial charge in [-0.15, -0.1) is 5.06 Å². The molecule has 1 aliphatic rings. The molecule has 1 heterocycles. The molecule has 6 nitrogen and oxygen atoms in total. The van der Waals surface area contributed by atoms with Crippen LogP contribution >= 0.6 is 0 Å². The molecular weight excluding hydrogens is 178 g/mol. The molecule has 0 aromatic rings. The summed E-state index contributed by atoms with van der Waals surface area (Å²) in [5.74, 6) is -0.451. The lowest BCUT2D eigenvalue weighted by Gasteiger charge is -2.02. The van der Waals surface area contributed by atoms with Gasteiger partial charge in [0.2, 0.25) is 0 Å². The number of ether oxygens (including phenoxy) is 1. The second kappa shape index (κ2) is 4.33. The molecule has 1 rings (SSSR count). The van der Waals surface area contributed by atoms with Gasteiger partial charge in [0.05, 0.1) is 7.11 Å². The first-order chi connectivity index (χ1) is 6.19. The van der Waals surface area contributed by atoms with Gasteiger partial charge < -0.3 is 4.74 Å². The van der Waals surface area contributed by atoms with Crippen molar-refractivity contribution in [2.75, 3.05) is 7.11 Å². The van der Waals surface area contributed by atoms with E-state index in [-0.39, 0.29) is 6.23 Å². The topological polar surface area (TPSA) is 71.3 Å². The zero-order chi connectivity index (χ0) is 9.84. The summed E-state index contributed by atoms with van der Waals surface area (Å²) >= 11 is 0. The van der Waals surface area contributed by atoms with Crippen LogP contribution in [0.1, 0.15) is 6.92 Å². The minimum atomic E-state index is -0.549. The Morgan fingerprint density at radius 3 is 3.00 bits per heavy atom. The Labute approximate surface area is 75.2 Å². The molecule has 0 radical (unpaired) electrons. The number of methoxy groups -OCH3 is 1. The first kappa shape index (κ1) is 10.1. The molecule has 0 aliphatic carbocycles. The van der Waals surface area contributed by atoms with Crippen molar-refractivity contribution in [3.8, 4) is 0 Å². The van der Waals surface area contributed by atoms with E-state index >= 15 is 0 Å². The first-order valence-corrected chi connectivity index (χ1v) is 3.70. The van der Waals surface area contributed by atoms with E-state index in [1.54, 1.807) is 6.92 Å². The van der Waals surface area contributed by atoms with Gasteiger partial charge in [0.25, 0.3) is 0 Å². The molecule has 1 aliphatic heterocycles. The fourth-order valence-electron chi connectivity index (χ4n) is 0.785. The molecule has 3 unspecified atom stereocenters. The van der Waals surface area contributed by atoms with E-state index in [1.807, 2.05) is 0 Å². The van der Waals surface area contributed by atoms with Crippen molar-refractivity contribution < 1.29 is 24.5 Å². The van der Waals surface area contributed by atoms with Crippen LogP contribution in [0.2, 0.25) is 0 Å². The third kappa shape index (κ3) is 2.78. The van der Waals surface area contributed by atoms with Gasteiger partial charge in [-0.05, 0) is 13.0 Å². The van der Waals surface area contributed by atoms with Crippen LogP contribution in [0.3, 0.4) is 0 Å². The Hall–Kier alpha value is -0.950. The van der Waals surface area contributed by atoms with Crippen LogP contribution < -0.4 is 0 Å². The number of carbonyl (C=O) groups is 1. The summed E-state index contributed by atoms with van der Waals surface area (Å²) in [6, 6.07) is 0. The third-order valence-corrected chi connectivity index (χ3v) is 1.54. The van der Waals surface area contributed by atoms with E-state index in [2.05, 4.69) is 9.62 Å². The number of hydroxylamine groups is 2. The van der Waals surface area contributed by atoms with Crippen LogP contribution in [0.4, 0.5) is 0 Å². The van der Waals surface area contributed by atoms with Crippen molar-refractivity contribution in [1.82, 2.24) is 5.06 Å². The summed E-state index contributed by atoms with van der Waals surface area (Å²) in [6.07, 6.45) is 1.87. The molecule has 13 heavy (non-hydrogen) atoms. The van der Waals surface area contributed by atoms with Crippen LogP contribution in [0.5, 0.6) is 0 Å². The molecule has 0 spiro atoms. The van der Waals surface area contributed by atoms with Crippen LogP contribution in [-0.2, 0) is 19.3 Å². The predicted octanol–water partition coefficient (Wildman–Crippen LogP) is 0.124. The largest absolute Gasteiger partial charge is 0.466 e. The van der Waals surface area contributed by atoms with Gasteiger partial charge in [-0.25, -0.2) is 9.68 Å². The first-order valence-electron chi connectivity index (χ1n) is 3.70. The molecule has 0 amide bonds. The van der Waals surface area contributed by atoms with E-state index in [4.69, 9.17) is 10.1 Å². The quantitative estimate of drug-likeness (QED) is 0.223. The SMILES string of the molecule is COC(=O)/C=C\C1ON1C(C)OO. The highest BCUT2D eigenvalue weighted by molar-refractivity contribution is 5.81. The van der Waals surface area contributed by atoms with E-state index in [9.17, 15) is 4.79 Å². The number of hydrogen-bond acceptors (Lipinski definition) is 6. The standard InChI is InChI=1S/C7H11NO5/c1-5(13-10)8-6(12-8)3-4-7(9)11-2/h3-6,10H,1-2H3/b4-3-. The second-order valence-corrected chi connectivity index (χ2v) is 2.44. The van der Waals surface area contributed by atoms with E-state index in [0.29, 0.717) is 0 Å². The van der Waals surface area contributed by atoms with Crippen molar-refractivity contribution in [2.24, 2.45) is 0 Å². The summed E-state index contributed by atoms with van der Waals surface area (Å²) in [4.78, 5) is 19.5. The molecule has 74 valence electrons. The fraction of sp³-hybridized carbons (Fsp3) is 0.571. The molecule has 0 aromatic heterocycles. The Bertz CT molecular complexity index is 217. The van der Waals surface area contributed by atoms with E-state index < -0.39 is 12.2 Å². The smallest absolute Gasteiger partial charge is 0.330 e. The molecule has 1 saturated heterocycles. The van der Waals surface area contributed by atoms with Gasteiger partial charge in [-0.2, -0.15) is 0 Å². The van der Waals surface area contributed by atoms with Crippen molar-refractivity contribution in [2.45, 2.75) is 19.4 Å². The van der Waals surface area contributed by atoms with Gasteiger partial charge in [-0.1, -0.05) is 0 Å². The second-order valence-electron chi connectivity index (χ2n) is 2.44. The number of esters is 1. The monoisotopic (exact) mass is 189 g/mol. The third-order valence-electron chi connectivity index (χ3n) is 1.54. The lowest BCUT2D eigenvalue weighted by molar-refractivity contribution is -0.307. The number of rotatable bonds is 4. The minimum absolute atomic E-state index is 0.332. The Morgan fingerprint density at radius 1 is 1.77 bits per heavy atom. The maximum absolute atomic E-state index is 10.6. The van der Waals surface area contributed by atoms with Gasteiger partial charge in [-0.3, -0.25) is 10.1 Å². The molecule has 0 bridgehead atoms. The van der Waals surface area contributed by atoms with Crippen molar-refractivity contribution in [3.63, 3.8) is 0 Å². The highest BCUT2D eigenvalue weighted by atomic mass is 17.1. The number of carbonyl (C=O) groups excluding carboxylic acids is 1. The summed E-state index contributed by atoms with van der Waals surface area (Å²) in [6.45, 7) is 1.60. The summed E-state index contributed by atoms with van der Waals surface area (Å²) in [5.41, 5.74) is 0. The zero-order valence-corrected chi connectivity index (χ0v) is 7.34. The Morgan fingerprint density at radius 2 is 2.46 bits per heavy atom. The highest BCUT2D eigenvalue weighted by Crippen LogP contribution is 2.24. The maximum atomic E-state index is 10.6. The van der Waals surface area contributed by atoms with Crippen molar-refractivity contribution >= 4 is 5.97 Å². The van der Waals surface area contributed by atoms with Crippen LogP contribution in [0, 0.1) is 0 Å².